The first kappa shape index (κ1) is 10.8. The maximum atomic E-state index is 9.31. The Hall–Kier alpha value is -0.200. The fourth-order valence-electron chi connectivity index (χ4n) is 0.684. The summed E-state index contributed by atoms with van der Waals surface area (Å²) in [4.78, 5) is 0. The second-order valence-electron chi connectivity index (χ2n) is 2.47. The van der Waals surface area contributed by atoms with Crippen LogP contribution >= 0.6 is 11.8 Å². The van der Waals surface area contributed by atoms with Crippen molar-refractivity contribution in [1.29, 1.82) is 5.26 Å². The number of aliphatic hydroxyl groups excluding tert-OH is 1. The Kier molecular flexibility index (Phi) is 6.39. The van der Waals surface area contributed by atoms with Gasteiger partial charge in [-0.1, -0.05) is 6.92 Å². The van der Waals surface area contributed by atoms with Crippen LogP contribution in [0.4, 0.5) is 0 Å². The average Bonchev–Trinajstić information content (AvgIpc) is 2.03. The smallest absolute Gasteiger partial charge is 0.0703 e. The van der Waals surface area contributed by atoms with Crippen molar-refractivity contribution in [1.82, 2.24) is 0 Å². The summed E-state index contributed by atoms with van der Waals surface area (Å²) in [6.45, 7) is 3.84. The molecule has 11 heavy (non-hydrogen) atoms. The van der Waals surface area contributed by atoms with Crippen LogP contribution in [0.5, 0.6) is 0 Å². The highest BCUT2D eigenvalue weighted by molar-refractivity contribution is 7.99. The summed E-state index contributed by atoms with van der Waals surface area (Å²) in [5, 5.41) is 17.8. The van der Waals surface area contributed by atoms with Crippen LogP contribution in [0.1, 0.15) is 20.3 Å². The lowest BCUT2D eigenvalue weighted by Crippen LogP contribution is -2.16. The topological polar surface area (TPSA) is 44.0 Å². The van der Waals surface area contributed by atoms with Gasteiger partial charge in [-0.25, -0.2) is 0 Å². The van der Waals surface area contributed by atoms with E-state index < -0.39 is 6.10 Å². The van der Waals surface area contributed by atoms with E-state index >= 15 is 0 Å². The van der Waals surface area contributed by atoms with E-state index in [1.807, 2.05) is 6.07 Å². The van der Waals surface area contributed by atoms with E-state index in [1.165, 1.54) is 0 Å². The fraction of sp³-hybridized carbons (Fsp3) is 0.875. The van der Waals surface area contributed by atoms with Gasteiger partial charge in [0.05, 0.1) is 18.1 Å². The van der Waals surface area contributed by atoms with Crippen molar-refractivity contribution in [3.63, 3.8) is 0 Å². The first-order valence-corrected chi connectivity index (χ1v) is 5.03. The molecule has 0 saturated carbocycles. The van der Waals surface area contributed by atoms with Gasteiger partial charge in [-0.3, -0.25) is 0 Å². The molecule has 0 heterocycles. The van der Waals surface area contributed by atoms with Gasteiger partial charge in [0.15, 0.2) is 0 Å². The normalized spacial score (nSPS) is 15.5. The van der Waals surface area contributed by atoms with E-state index in [-0.39, 0.29) is 5.92 Å². The molecule has 0 fully saturated rings. The molecule has 0 aliphatic heterocycles. The molecule has 0 bridgehead atoms. The summed E-state index contributed by atoms with van der Waals surface area (Å²) in [5.74, 6) is 1.80. The van der Waals surface area contributed by atoms with Crippen LogP contribution in [0.2, 0.25) is 0 Å². The molecule has 0 radical (unpaired) electrons. The number of rotatable bonds is 5. The third-order valence-electron chi connectivity index (χ3n) is 1.54. The summed E-state index contributed by atoms with van der Waals surface area (Å²) < 4.78 is 0. The summed E-state index contributed by atoms with van der Waals surface area (Å²) in [6, 6.07) is 2.03. The molecule has 0 aliphatic rings. The molecule has 0 aliphatic carbocycles. The minimum atomic E-state index is -0.445. The monoisotopic (exact) mass is 173 g/mol. The minimum absolute atomic E-state index is 0.229. The van der Waals surface area contributed by atoms with Crippen LogP contribution < -0.4 is 0 Å². The predicted molar refractivity (Wildman–Crippen MR) is 48.4 cm³/mol. The van der Waals surface area contributed by atoms with Gasteiger partial charge in [0.25, 0.3) is 0 Å². The lowest BCUT2D eigenvalue weighted by molar-refractivity contribution is 0.138. The highest BCUT2D eigenvalue weighted by Crippen LogP contribution is 2.10. The zero-order valence-corrected chi connectivity index (χ0v) is 7.90. The first-order valence-electron chi connectivity index (χ1n) is 3.87. The Labute approximate surface area is 72.6 Å². The maximum absolute atomic E-state index is 9.31. The third-order valence-corrected chi connectivity index (χ3v) is 2.48. The van der Waals surface area contributed by atoms with Crippen molar-refractivity contribution in [2.45, 2.75) is 26.4 Å². The molecule has 2 nitrogen and oxygen atoms in total. The number of hydrogen-bond donors (Lipinski definition) is 1. The van der Waals surface area contributed by atoms with Gasteiger partial charge < -0.3 is 5.11 Å². The van der Waals surface area contributed by atoms with Crippen molar-refractivity contribution >= 4 is 11.8 Å². The predicted octanol–water partition coefficient (Wildman–Crippen LogP) is 1.65. The van der Waals surface area contributed by atoms with Gasteiger partial charge in [-0.2, -0.15) is 17.0 Å². The van der Waals surface area contributed by atoms with Crippen LogP contribution in [0.25, 0.3) is 0 Å². The number of hydrogen-bond acceptors (Lipinski definition) is 3. The van der Waals surface area contributed by atoms with Crippen molar-refractivity contribution < 1.29 is 5.11 Å². The summed E-state index contributed by atoms with van der Waals surface area (Å²) >= 11 is 1.79. The quantitative estimate of drug-likeness (QED) is 0.643. The molecule has 64 valence electrons. The molecular weight excluding hydrogens is 158 g/mol. The van der Waals surface area contributed by atoms with Crippen LogP contribution in [-0.4, -0.2) is 22.7 Å². The number of nitriles is 1. The van der Waals surface area contributed by atoms with Gasteiger partial charge in [-0.05, 0) is 24.9 Å². The summed E-state index contributed by atoms with van der Waals surface area (Å²) in [7, 11) is 0. The standard InChI is InChI=1S/C8H15NOS/c1-3-11-5-4-8(10)7(2)6-9/h7-8,10H,3-5H2,1-2H3. The van der Waals surface area contributed by atoms with E-state index in [2.05, 4.69) is 6.92 Å². The van der Waals surface area contributed by atoms with Gasteiger partial charge >= 0.3 is 0 Å². The Morgan fingerprint density at radius 3 is 2.73 bits per heavy atom. The average molecular weight is 173 g/mol. The van der Waals surface area contributed by atoms with Gasteiger partial charge in [-0.15, -0.1) is 0 Å². The zero-order valence-electron chi connectivity index (χ0n) is 7.08. The van der Waals surface area contributed by atoms with Crippen molar-refractivity contribution in [2.75, 3.05) is 11.5 Å². The Morgan fingerprint density at radius 1 is 1.64 bits per heavy atom. The van der Waals surface area contributed by atoms with Crippen molar-refractivity contribution in [2.24, 2.45) is 5.92 Å². The maximum Gasteiger partial charge on any atom is 0.0703 e. The summed E-state index contributed by atoms with van der Waals surface area (Å²) in [6.07, 6.45) is 0.284. The molecule has 0 aromatic carbocycles. The second-order valence-corrected chi connectivity index (χ2v) is 3.86. The Bertz CT molecular complexity index is 133. The van der Waals surface area contributed by atoms with E-state index in [1.54, 1.807) is 18.7 Å². The molecule has 0 spiro atoms. The highest BCUT2D eigenvalue weighted by atomic mass is 32.2. The molecular formula is C8H15NOS. The lowest BCUT2D eigenvalue weighted by Gasteiger charge is -2.10. The van der Waals surface area contributed by atoms with Crippen LogP contribution in [0.15, 0.2) is 0 Å². The Morgan fingerprint density at radius 2 is 2.27 bits per heavy atom. The van der Waals surface area contributed by atoms with Crippen molar-refractivity contribution in [3.8, 4) is 6.07 Å². The molecule has 0 rings (SSSR count). The highest BCUT2D eigenvalue weighted by Gasteiger charge is 2.11. The molecule has 2 unspecified atom stereocenters. The van der Waals surface area contributed by atoms with Gasteiger partial charge in [0, 0.05) is 0 Å². The van der Waals surface area contributed by atoms with Crippen LogP contribution in [0, 0.1) is 17.2 Å². The van der Waals surface area contributed by atoms with E-state index in [0.29, 0.717) is 0 Å². The van der Waals surface area contributed by atoms with Gasteiger partial charge in [0.1, 0.15) is 0 Å². The molecule has 1 N–H and O–H groups in total. The fourth-order valence-corrected chi connectivity index (χ4v) is 1.38. The molecule has 3 heteroatoms. The minimum Gasteiger partial charge on any atom is -0.392 e. The van der Waals surface area contributed by atoms with E-state index in [0.717, 1.165) is 17.9 Å². The number of nitrogens with zero attached hydrogens (tertiary/aromatic N) is 1. The number of thioether (sulfide) groups is 1. The zero-order chi connectivity index (χ0) is 8.69. The Balaban J connectivity index is 3.37. The molecule has 0 aromatic rings. The molecule has 2 atom stereocenters. The van der Waals surface area contributed by atoms with E-state index in [9.17, 15) is 5.11 Å². The third kappa shape index (κ3) is 5.11. The van der Waals surface area contributed by atoms with Crippen LogP contribution in [0.3, 0.4) is 0 Å². The number of aliphatic hydroxyl groups is 1. The van der Waals surface area contributed by atoms with Gasteiger partial charge in [0.2, 0.25) is 0 Å². The second kappa shape index (κ2) is 6.51. The lowest BCUT2D eigenvalue weighted by atomic mass is 10.1. The first-order chi connectivity index (χ1) is 5.22. The van der Waals surface area contributed by atoms with Crippen LogP contribution in [-0.2, 0) is 0 Å². The van der Waals surface area contributed by atoms with E-state index in [4.69, 9.17) is 5.26 Å². The molecule has 0 amide bonds. The van der Waals surface area contributed by atoms with Crippen molar-refractivity contribution in [3.05, 3.63) is 0 Å². The molecule has 0 saturated heterocycles. The summed E-state index contributed by atoms with van der Waals surface area (Å²) in [5.41, 5.74) is 0. The largest absolute Gasteiger partial charge is 0.392 e. The SMILES string of the molecule is CCSCCC(O)C(C)C#N. The molecule has 0 aromatic heterocycles.